The Morgan fingerprint density at radius 2 is 1.86 bits per heavy atom. The summed E-state index contributed by atoms with van der Waals surface area (Å²) in [6.45, 7) is 3.29. The smallest absolute Gasteiger partial charge is 0.244 e. The van der Waals surface area contributed by atoms with Crippen molar-refractivity contribution in [2.45, 2.75) is 22.1 Å². The Bertz CT molecular complexity index is 899. The fourth-order valence-electron chi connectivity index (χ4n) is 2.81. The SMILES string of the molecule is C[C@@H](Sc1ccc(S(=O)(=O)N2CCOCC2)cn1)C(=O)N(C)c1ccccc1. The summed E-state index contributed by atoms with van der Waals surface area (Å²) in [4.78, 5) is 18.7. The molecular weight excluding hydrogens is 398 g/mol. The maximum absolute atomic E-state index is 12.6. The average molecular weight is 422 g/mol. The van der Waals surface area contributed by atoms with Crippen LogP contribution in [0.1, 0.15) is 6.92 Å². The number of thioether (sulfide) groups is 1. The highest BCUT2D eigenvalue weighted by atomic mass is 32.2. The van der Waals surface area contributed by atoms with E-state index in [1.165, 1.54) is 28.3 Å². The van der Waals surface area contributed by atoms with Crippen LogP contribution in [0.5, 0.6) is 0 Å². The number of hydrogen-bond donors (Lipinski definition) is 0. The van der Waals surface area contributed by atoms with Crippen LogP contribution in [0.3, 0.4) is 0 Å². The number of ether oxygens (including phenoxy) is 1. The minimum atomic E-state index is -3.57. The number of carbonyl (C=O) groups is 1. The highest BCUT2D eigenvalue weighted by Gasteiger charge is 2.27. The van der Waals surface area contributed by atoms with Crippen molar-refractivity contribution in [3.8, 4) is 0 Å². The van der Waals surface area contributed by atoms with Crippen LogP contribution in [0.25, 0.3) is 0 Å². The topological polar surface area (TPSA) is 79.8 Å². The van der Waals surface area contributed by atoms with Crippen LogP contribution in [0.4, 0.5) is 5.69 Å². The summed E-state index contributed by atoms with van der Waals surface area (Å²) >= 11 is 1.30. The molecular formula is C19H23N3O4S2. The number of hydrogen-bond acceptors (Lipinski definition) is 6. The summed E-state index contributed by atoms with van der Waals surface area (Å²) in [5.41, 5.74) is 0.819. The van der Waals surface area contributed by atoms with E-state index < -0.39 is 10.0 Å². The van der Waals surface area contributed by atoms with Gasteiger partial charge in [0.1, 0.15) is 4.90 Å². The maximum Gasteiger partial charge on any atom is 0.244 e. The highest BCUT2D eigenvalue weighted by molar-refractivity contribution is 8.00. The van der Waals surface area contributed by atoms with Gasteiger partial charge in [0.15, 0.2) is 0 Å². The second-order valence-electron chi connectivity index (χ2n) is 6.34. The second kappa shape index (κ2) is 9.04. The zero-order chi connectivity index (χ0) is 20.1. The van der Waals surface area contributed by atoms with E-state index in [1.54, 1.807) is 18.0 Å². The van der Waals surface area contributed by atoms with Crippen molar-refractivity contribution in [2.75, 3.05) is 38.3 Å². The Morgan fingerprint density at radius 1 is 1.18 bits per heavy atom. The average Bonchev–Trinajstić information content (AvgIpc) is 2.74. The number of anilines is 1. The zero-order valence-electron chi connectivity index (χ0n) is 15.8. The van der Waals surface area contributed by atoms with E-state index in [-0.39, 0.29) is 16.1 Å². The summed E-state index contributed by atoms with van der Waals surface area (Å²) in [6.07, 6.45) is 1.35. The third kappa shape index (κ3) is 4.72. The van der Waals surface area contributed by atoms with E-state index in [1.807, 2.05) is 37.3 Å². The van der Waals surface area contributed by atoms with Crippen molar-refractivity contribution in [3.63, 3.8) is 0 Å². The number of sulfonamides is 1. The largest absolute Gasteiger partial charge is 0.379 e. The van der Waals surface area contributed by atoms with E-state index in [0.29, 0.717) is 31.3 Å². The number of aromatic nitrogens is 1. The first-order valence-electron chi connectivity index (χ1n) is 8.93. The van der Waals surface area contributed by atoms with E-state index in [2.05, 4.69) is 4.98 Å². The van der Waals surface area contributed by atoms with Crippen LogP contribution in [-0.4, -0.2) is 62.2 Å². The Hall–Kier alpha value is -1.94. The van der Waals surface area contributed by atoms with Gasteiger partial charge in [-0.1, -0.05) is 30.0 Å². The predicted octanol–water partition coefficient (Wildman–Crippen LogP) is 2.25. The van der Waals surface area contributed by atoms with Gasteiger partial charge in [0, 0.05) is 32.0 Å². The molecule has 0 spiro atoms. The lowest BCUT2D eigenvalue weighted by atomic mass is 10.3. The van der Waals surface area contributed by atoms with Gasteiger partial charge in [-0.3, -0.25) is 4.79 Å². The third-order valence-electron chi connectivity index (χ3n) is 4.44. The van der Waals surface area contributed by atoms with Gasteiger partial charge in [-0.15, -0.1) is 0 Å². The molecule has 3 rings (SSSR count). The summed E-state index contributed by atoms with van der Waals surface area (Å²) in [5.74, 6) is -0.0528. The fraction of sp³-hybridized carbons (Fsp3) is 0.368. The minimum absolute atomic E-state index is 0.0528. The molecule has 0 unspecified atom stereocenters. The van der Waals surface area contributed by atoms with E-state index in [4.69, 9.17) is 4.74 Å². The normalized spacial score (nSPS) is 16.5. The summed E-state index contributed by atoms with van der Waals surface area (Å²) in [6, 6.07) is 12.6. The number of amides is 1. The van der Waals surface area contributed by atoms with Crippen LogP contribution in [-0.2, 0) is 19.6 Å². The van der Waals surface area contributed by atoms with Gasteiger partial charge < -0.3 is 9.64 Å². The molecule has 0 saturated carbocycles. The van der Waals surface area contributed by atoms with Crippen molar-refractivity contribution in [3.05, 3.63) is 48.7 Å². The van der Waals surface area contributed by atoms with Crippen LogP contribution in [0.2, 0.25) is 0 Å². The molecule has 1 amide bonds. The van der Waals surface area contributed by atoms with Gasteiger partial charge in [-0.05, 0) is 31.2 Å². The molecule has 1 saturated heterocycles. The monoisotopic (exact) mass is 421 g/mol. The lowest BCUT2D eigenvalue weighted by Gasteiger charge is -2.26. The number of carbonyl (C=O) groups excluding carboxylic acids is 1. The van der Waals surface area contributed by atoms with Crippen LogP contribution in [0.15, 0.2) is 58.6 Å². The molecule has 1 fully saturated rings. The van der Waals surface area contributed by atoms with Crippen molar-refractivity contribution in [1.82, 2.24) is 9.29 Å². The molecule has 28 heavy (non-hydrogen) atoms. The molecule has 7 nitrogen and oxygen atoms in total. The van der Waals surface area contributed by atoms with E-state index in [0.717, 1.165) is 5.69 Å². The van der Waals surface area contributed by atoms with Gasteiger partial charge in [-0.25, -0.2) is 13.4 Å². The number of pyridine rings is 1. The number of nitrogens with zero attached hydrogens (tertiary/aromatic N) is 3. The molecule has 1 aromatic carbocycles. The maximum atomic E-state index is 12.6. The Kier molecular flexibility index (Phi) is 6.71. The Balaban J connectivity index is 1.66. The van der Waals surface area contributed by atoms with Crippen molar-refractivity contribution >= 4 is 33.4 Å². The van der Waals surface area contributed by atoms with Crippen molar-refractivity contribution in [1.29, 1.82) is 0 Å². The van der Waals surface area contributed by atoms with Gasteiger partial charge in [0.2, 0.25) is 15.9 Å². The first kappa shape index (κ1) is 20.8. The summed E-state index contributed by atoms with van der Waals surface area (Å²) < 4.78 is 31.9. The summed E-state index contributed by atoms with van der Waals surface area (Å²) in [7, 11) is -1.83. The molecule has 1 aromatic heterocycles. The lowest BCUT2D eigenvalue weighted by Crippen LogP contribution is -2.40. The van der Waals surface area contributed by atoms with Crippen LogP contribution in [0, 0.1) is 0 Å². The minimum Gasteiger partial charge on any atom is -0.379 e. The molecule has 150 valence electrons. The molecule has 0 N–H and O–H groups in total. The van der Waals surface area contributed by atoms with Gasteiger partial charge in [0.05, 0.1) is 23.5 Å². The Morgan fingerprint density at radius 3 is 2.46 bits per heavy atom. The molecule has 1 aliphatic rings. The number of benzene rings is 1. The fourth-order valence-corrected chi connectivity index (χ4v) is 5.04. The number of rotatable bonds is 6. The van der Waals surface area contributed by atoms with Crippen LogP contribution < -0.4 is 4.90 Å². The molecule has 0 radical (unpaired) electrons. The molecule has 1 aliphatic heterocycles. The first-order valence-corrected chi connectivity index (χ1v) is 11.2. The van der Waals surface area contributed by atoms with Gasteiger partial charge >= 0.3 is 0 Å². The first-order chi connectivity index (χ1) is 13.4. The zero-order valence-corrected chi connectivity index (χ0v) is 17.4. The molecule has 0 aliphatic carbocycles. The van der Waals surface area contributed by atoms with Crippen molar-refractivity contribution in [2.24, 2.45) is 0 Å². The molecule has 2 heterocycles. The van der Waals surface area contributed by atoms with E-state index in [9.17, 15) is 13.2 Å². The molecule has 9 heteroatoms. The Labute approximate surface area is 169 Å². The third-order valence-corrected chi connectivity index (χ3v) is 7.36. The molecule has 1 atom stereocenters. The number of para-hydroxylation sites is 1. The standard InChI is InChI=1S/C19H23N3O4S2/c1-15(19(23)21(2)16-6-4-3-5-7-16)27-18-9-8-17(14-20-18)28(24,25)22-10-12-26-13-11-22/h3-9,14-15H,10-13H2,1-2H3/t15-/m1/s1. The van der Waals surface area contributed by atoms with E-state index >= 15 is 0 Å². The quantitative estimate of drug-likeness (QED) is 0.666. The van der Waals surface area contributed by atoms with Crippen LogP contribution >= 0.6 is 11.8 Å². The van der Waals surface area contributed by atoms with Crippen molar-refractivity contribution < 1.29 is 17.9 Å². The van der Waals surface area contributed by atoms with Gasteiger partial charge in [0.25, 0.3) is 0 Å². The lowest BCUT2D eigenvalue weighted by molar-refractivity contribution is -0.117. The number of morpholine rings is 1. The summed E-state index contributed by atoms with van der Waals surface area (Å²) in [5, 5.41) is 0.239. The highest BCUT2D eigenvalue weighted by Crippen LogP contribution is 2.26. The molecule has 2 aromatic rings. The predicted molar refractivity (Wildman–Crippen MR) is 109 cm³/mol. The van der Waals surface area contributed by atoms with Gasteiger partial charge in [-0.2, -0.15) is 4.31 Å². The molecule has 0 bridgehead atoms. The second-order valence-corrected chi connectivity index (χ2v) is 9.64.